The molecule has 0 fully saturated rings. The van der Waals surface area contributed by atoms with Gasteiger partial charge in [0.1, 0.15) is 5.78 Å². The number of carbonyl (C=O) groups excluding carboxylic acids is 1. The topological polar surface area (TPSA) is 42.9 Å². The van der Waals surface area contributed by atoms with Crippen LogP contribution < -0.4 is 0 Å². The Morgan fingerprint density at radius 3 is 2.94 bits per heavy atom. The molecule has 4 heteroatoms. The Morgan fingerprint density at radius 2 is 2.25 bits per heavy atom. The molecule has 2 heterocycles. The van der Waals surface area contributed by atoms with Crippen LogP contribution in [0.2, 0.25) is 0 Å². The quantitative estimate of drug-likeness (QED) is 0.814. The van der Waals surface area contributed by atoms with Crippen molar-refractivity contribution in [3.05, 3.63) is 34.8 Å². The maximum atomic E-state index is 10.9. The summed E-state index contributed by atoms with van der Waals surface area (Å²) in [7, 11) is 0. The fourth-order valence-electron chi connectivity index (χ4n) is 1.34. The van der Waals surface area contributed by atoms with Gasteiger partial charge in [-0.2, -0.15) is 0 Å². The number of aryl methyl sites for hydroxylation is 1. The lowest BCUT2D eigenvalue weighted by molar-refractivity contribution is -0.116. The SMILES string of the molecule is CC(=O)CCc1nc(-c2ccccn2)cs1. The van der Waals surface area contributed by atoms with Crippen molar-refractivity contribution in [3.8, 4) is 11.4 Å². The van der Waals surface area contributed by atoms with Crippen molar-refractivity contribution < 1.29 is 4.79 Å². The highest BCUT2D eigenvalue weighted by Crippen LogP contribution is 2.20. The lowest BCUT2D eigenvalue weighted by Gasteiger charge is -1.94. The second-order valence-electron chi connectivity index (χ2n) is 3.54. The zero-order chi connectivity index (χ0) is 11.4. The minimum absolute atomic E-state index is 0.203. The fraction of sp³-hybridized carbons (Fsp3) is 0.250. The van der Waals surface area contributed by atoms with Crippen molar-refractivity contribution in [2.45, 2.75) is 19.8 Å². The van der Waals surface area contributed by atoms with Gasteiger partial charge in [0.25, 0.3) is 0 Å². The highest BCUT2D eigenvalue weighted by atomic mass is 32.1. The molecule has 3 nitrogen and oxygen atoms in total. The first-order chi connectivity index (χ1) is 7.75. The number of aromatic nitrogens is 2. The number of Topliss-reactive ketones (excluding diaryl/α,β-unsaturated/α-hetero) is 1. The predicted molar refractivity (Wildman–Crippen MR) is 64.3 cm³/mol. The second kappa shape index (κ2) is 4.99. The number of carbonyl (C=O) groups is 1. The lowest BCUT2D eigenvalue weighted by Crippen LogP contribution is -1.93. The third kappa shape index (κ3) is 2.73. The van der Waals surface area contributed by atoms with Gasteiger partial charge in [0.2, 0.25) is 0 Å². The molecule has 0 amide bonds. The molecule has 0 radical (unpaired) electrons. The zero-order valence-electron chi connectivity index (χ0n) is 9.01. The first-order valence-electron chi connectivity index (χ1n) is 5.11. The third-order valence-electron chi connectivity index (χ3n) is 2.17. The van der Waals surface area contributed by atoms with Gasteiger partial charge in [-0.15, -0.1) is 11.3 Å². The Balaban J connectivity index is 2.11. The normalized spacial score (nSPS) is 10.3. The summed E-state index contributed by atoms with van der Waals surface area (Å²) in [5.41, 5.74) is 1.77. The highest BCUT2D eigenvalue weighted by molar-refractivity contribution is 7.09. The van der Waals surface area contributed by atoms with Gasteiger partial charge in [-0.3, -0.25) is 4.98 Å². The van der Waals surface area contributed by atoms with Gasteiger partial charge in [0.05, 0.1) is 16.4 Å². The molecule has 0 saturated heterocycles. The first-order valence-corrected chi connectivity index (χ1v) is 5.99. The number of hydrogen-bond donors (Lipinski definition) is 0. The highest BCUT2D eigenvalue weighted by Gasteiger charge is 2.05. The molecule has 0 spiro atoms. The summed E-state index contributed by atoms with van der Waals surface area (Å²) in [5.74, 6) is 0.203. The molecule has 0 aliphatic carbocycles. The minimum Gasteiger partial charge on any atom is -0.300 e. The maximum Gasteiger partial charge on any atom is 0.130 e. The van der Waals surface area contributed by atoms with E-state index in [-0.39, 0.29) is 5.78 Å². The summed E-state index contributed by atoms with van der Waals surface area (Å²) in [6, 6.07) is 5.76. The van der Waals surface area contributed by atoms with E-state index < -0.39 is 0 Å². The van der Waals surface area contributed by atoms with Crippen LogP contribution in [0.1, 0.15) is 18.4 Å². The van der Waals surface area contributed by atoms with Crippen LogP contribution in [0.4, 0.5) is 0 Å². The molecular weight excluding hydrogens is 220 g/mol. The van der Waals surface area contributed by atoms with Crippen LogP contribution in [-0.4, -0.2) is 15.8 Å². The Hall–Kier alpha value is -1.55. The predicted octanol–water partition coefficient (Wildman–Crippen LogP) is 2.73. The van der Waals surface area contributed by atoms with Gasteiger partial charge < -0.3 is 4.79 Å². The number of pyridine rings is 1. The summed E-state index contributed by atoms with van der Waals surface area (Å²) in [6.45, 7) is 1.60. The van der Waals surface area contributed by atoms with Crippen LogP contribution in [0.15, 0.2) is 29.8 Å². The van der Waals surface area contributed by atoms with Crippen molar-refractivity contribution in [1.82, 2.24) is 9.97 Å². The summed E-state index contributed by atoms with van der Waals surface area (Å²) < 4.78 is 0. The van der Waals surface area contributed by atoms with Crippen molar-refractivity contribution >= 4 is 17.1 Å². The van der Waals surface area contributed by atoms with E-state index in [1.165, 1.54) is 0 Å². The molecule has 0 saturated carbocycles. The summed E-state index contributed by atoms with van der Waals surface area (Å²) in [5, 5.41) is 2.98. The van der Waals surface area contributed by atoms with E-state index in [1.54, 1.807) is 24.5 Å². The van der Waals surface area contributed by atoms with Crippen LogP contribution in [0.5, 0.6) is 0 Å². The molecule has 0 aliphatic rings. The van der Waals surface area contributed by atoms with Crippen LogP contribution in [0.25, 0.3) is 11.4 Å². The molecule has 2 rings (SSSR count). The van der Waals surface area contributed by atoms with E-state index in [1.807, 2.05) is 23.6 Å². The molecule has 2 aromatic rings. The van der Waals surface area contributed by atoms with Crippen molar-refractivity contribution in [2.75, 3.05) is 0 Å². The molecule has 0 N–H and O–H groups in total. The minimum atomic E-state index is 0.203. The molecule has 82 valence electrons. The van der Waals surface area contributed by atoms with E-state index >= 15 is 0 Å². The van der Waals surface area contributed by atoms with Gasteiger partial charge in [0.15, 0.2) is 0 Å². The van der Waals surface area contributed by atoms with Crippen LogP contribution >= 0.6 is 11.3 Å². The number of ketones is 1. The smallest absolute Gasteiger partial charge is 0.130 e. The number of hydrogen-bond acceptors (Lipinski definition) is 4. The maximum absolute atomic E-state index is 10.9. The Labute approximate surface area is 98.2 Å². The van der Waals surface area contributed by atoms with Gasteiger partial charge in [-0.25, -0.2) is 4.98 Å². The van der Waals surface area contributed by atoms with E-state index in [9.17, 15) is 4.79 Å². The van der Waals surface area contributed by atoms with E-state index in [2.05, 4.69) is 9.97 Å². The van der Waals surface area contributed by atoms with Crippen molar-refractivity contribution in [3.63, 3.8) is 0 Å². The van der Waals surface area contributed by atoms with Crippen LogP contribution in [0, 0.1) is 0 Å². The monoisotopic (exact) mass is 232 g/mol. The van der Waals surface area contributed by atoms with Gasteiger partial charge in [-0.1, -0.05) is 6.07 Å². The Bertz CT molecular complexity index is 479. The number of thiazole rings is 1. The fourth-order valence-corrected chi connectivity index (χ4v) is 2.13. The van der Waals surface area contributed by atoms with Crippen LogP contribution in [0.3, 0.4) is 0 Å². The third-order valence-corrected chi connectivity index (χ3v) is 3.08. The number of nitrogens with zero attached hydrogens (tertiary/aromatic N) is 2. The van der Waals surface area contributed by atoms with Crippen LogP contribution in [-0.2, 0) is 11.2 Å². The summed E-state index contributed by atoms with van der Waals surface area (Å²) in [6.07, 6.45) is 3.05. The Morgan fingerprint density at radius 1 is 1.38 bits per heavy atom. The van der Waals surface area contributed by atoms with E-state index in [4.69, 9.17) is 0 Å². The first kappa shape index (κ1) is 11.0. The van der Waals surface area contributed by atoms with Gasteiger partial charge in [0, 0.05) is 24.4 Å². The largest absolute Gasteiger partial charge is 0.300 e. The molecule has 2 aromatic heterocycles. The molecule has 0 bridgehead atoms. The van der Waals surface area contributed by atoms with Gasteiger partial charge in [-0.05, 0) is 19.1 Å². The molecule has 0 aromatic carbocycles. The molecule has 16 heavy (non-hydrogen) atoms. The standard InChI is InChI=1S/C12H12N2OS/c1-9(15)5-6-12-14-11(8-16-12)10-4-2-3-7-13-10/h2-4,7-8H,5-6H2,1H3. The summed E-state index contributed by atoms with van der Waals surface area (Å²) >= 11 is 1.58. The van der Waals surface area contributed by atoms with E-state index in [0.29, 0.717) is 6.42 Å². The zero-order valence-corrected chi connectivity index (χ0v) is 9.83. The average Bonchev–Trinajstić information content (AvgIpc) is 2.76. The second-order valence-corrected chi connectivity index (χ2v) is 4.49. The average molecular weight is 232 g/mol. The molecule has 0 unspecified atom stereocenters. The Kier molecular flexibility index (Phi) is 3.41. The van der Waals surface area contributed by atoms with E-state index in [0.717, 1.165) is 22.8 Å². The molecular formula is C12H12N2OS. The molecule has 0 atom stereocenters. The molecule has 0 aliphatic heterocycles. The van der Waals surface area contributed by atoms with Crippen molar-refractivity contribution in [1.29, 1.82) is 0 Å². The lowest BCUT2D eigenvalue weighted by atomic mass is 10.2. The number of rotatable bonds is 4. The summed E-state index contributed by atoms with van der Waals surface area (Å²) in [4.78, 5) is 19.5. The van der Waals surface area contributed by atoms with Gasteiger partial charge >= 0.3 is 0 Å². The van der Waals surface area contributed by atoms with Crippen molar-refractivity contribution in [2.24, 2.45) is 0 Å².